The van der Waals surface area contributed by atoms with Crippen molar-refractivity contribution in [2.24, 2.45) is 0 Å². The number of rotatable bonds is 68. The highest BCUT2D eigenvalue weighted by Crippen LogP contribution is 2.45. The largest absolute Gasteiger partial charge is 0.472 e. The fraction of sp³-hybridized carbons (Fsp3) is 0.675. The topological polar surface area (TPSA) is 231 Å². The molecule has 544 valence electrons. The molecule has 4 N–H and O–H groups in total. The molecule has 0 aromatic carbocycles. The number of allylic oxidation sites excluding steroid dienone is 22. The van der Waals surface area contributed by atoms with Crippen LogP contribution in [0.5, 0.6) is 0 Å². The fourth-order valence-electron chi connectivity index (χ4n) is 9.26. The minimum absolute atomic E-state index is 0.0824. The molecule has 0 fully saturated rings. The summed E-state index contributed by atoms with van der Waals surface area (Å²) in [4.78, 5) is 58.5. The number of phosphoric acid groups is 2. The van der Waals surface area contributed by atoms with Gasteiger partial charge in [0.25, 0.3) is 0 Å². The average molecular weight is 1370 g/mol. The van der Waals surface area contributed by atoms with E-state index in [1.54, 1.807) is 0 Å². The van der Waals surface area contributed by atoms with Crippen molar-refractivity contribution < 1.29 is 75.8 Å². The quantitative estimate of drug-likeness (QED) is 0.0146. The van der Waals surface area contributed by atoms with E-state index in [4.69, 9.17) is 32.3 Å². The number of unbranched alkanes of at least 4 members (excludes halogenated alkanes) is 23. The number of phosphoric ester groups is 2. The maximum absolute atomic E-state index is 12.9. The molecule has 5 atom stereocenters. The van der Waals surface area contributed by atoms with Gasteiger partial charge in [0.2, 0.25) is 0 Å². The van der Waals surface area contributed by atoms with Crippen LogP contribution in [0.1, 0.15) is 278 Å². The van der Waals surface area contributed by atoms with Crippen molar-refractivity contribution in [2.45, 2.75) is 296 Å². The van der Waals surface area contributed by atoms with E-state index in [0.717, 1.165) is 180 Å². The molecule has 16 nitrogen and oxygen atoms in total. The van der Waals surface area contributed by atoms with Gasteiger partial charge >= 0.3 is 33.6 Å². The summed E-state index contributed by atoms with van der Waals surface area (Å²) in [5.41, 5.74) is 0. The summed E-state index contributed by atoms with van der Waals surface area (Å²) in [7, 11) is -9.80. The van der Waals surface area contributed by atoms with Crippen LogP contribution in [-0.2, 0) is 55.8 Å². The third-order valence-corrected chi connectivity index (χ3v) is 16.7. The molecule has 18 heteroatoms. The number of hydrogen-bond acceptors (Lipinski definition) is 14. The first-order chi connectivity index (χ1) is 46.2. The Balaban J connectivity index is 4.65. The SMILES string of the molecule is CC/C=C\C/C=C\C/C=C\C/C=C\C/C=C\C/C=C\CCCCCCCCC(=O)OCC(O)COP(=O)(O)OCC(O)COP(=O)(O)OCC(COC(=O)CCCCCCCC/C=C\C/C=C\C/C=C\CCCCC)OC(=O)CCCCCCC/C=C\C/C=C\CCCCC. The molecule has 0 aromatic heterocycles. The molecule has 0 saturated carbocycles. The first kappa shape index (κ1) is 90.7. The second kappa shape index (κ2) is 69.6. The van der Waals surface area contributed by atoms with Crippen LogP contribution >= 0.6 is 15.6 Å². The van der Waals surface area contributed by atoms with Crippen molar-refractivity contribution in [3.8, 4) is 0 Å². The van der Waals surface area contributed by atoms with Crippen LogP contribution in [-0.4, -0.2) is 95.9 Å². The van der Waals surface area contributed by atoms with Crippen molar-refractivity contribution >= 4 is 33.6 Å². The molecule has 0 amide bonds. The normalized spacial score (nSPS) is 14.9. The first-order valence-corrected chi connectivity index (χ1v) is 39.5. The second-order valence-corrected chi connectivity index (χ2v) is 26.9. The van der Waals surface area contributed by atoms with E-state index >= 15 is 0 Å². The van der Waals surface area contributed by atoms with Gasteiger partial charge in [-0.15, -0.1) is 0 Å². The Kier molecular flexibility index (Phi) is 66.4. The molecule has 95 heavy (non-hydrogen) atoms. The van der Waals surface area contributed by atoms with Gasteiger partial charge in [-0.05, 0) is 141 Å². The Morgan fingerprint density at radius 1 is 0.305 bits per heavy atom. The molecule has 0 aliphatic heterocycles. The lowest BCUT2D eigenvalue weighted by Crippen LogP contribution is -2.30. The molecule has 0 aromatic rings. The highest BCUT2D eigenvalue weighted by molar-refractivity contribution is 7.47. The smallest absolute Gasteiger partial charge is 0.463 e. The monoisotopic (exact) mass is 1370 g/mol. The molecule has 5 unspecified atom stereocenters. The number of aliphatic hydroxyl groups excluding tert-OH is 2. The Morgan fingerprint density at radius 2 is 0.558 bits per heavy atom. The summed E-state index contributed by atoms with van der Waals surface area (Å²) >= 11 is 0. The van der Waals surface area contributed by atoms with Crippen molar-refractivity contribution in [1.82, 2.24) is 0 Å². The maximum Gasteiger partial charge on any atom is 0.472 e. The van der Waals surface area contributed by atoms with E-state index in [0.29, 0.717) is 19.3 Å². The van der Waals surface area contributed by atoms with Crippen LogP contribution in [0, 0.1) is 0 Å². The van der Waals surface area contributed by atoms with Crippen molar-refractivity contribution in [2.75, 3.05) is 39.6 Å². The molecular weight excluding hydrogens is 1240 g/mol. The number of carbonyl (C=O) groups is 3. The van der Waals surface area contributed by atoms with Crippen LogP contribution in [0.25, 0.3) is 0 Å². The van der Waals surface area contributed by atoms with Gasteiger partial charge in [-0.1, -0.05) is 251 Å². The summed E-state index contributed by atoms with van der Waals surface area (Å²) < 4.78 is 61.0. The van der Waals surface area contributed by atoms with E-state index < -0.39 is 91.5 Å². The van der Waals surface area contributed by atoms with Crippen molar-refractivity contribution in [1.29, 1.82) is 0 Å². The highest BCUT2D eigenvalue weighted by atomic mass is 31.2. The van der Waals surface area contributed by atoms with Gasteiger partial charge in [0.1, 0.15) is 25.4 Å². The van der Waals surface area contributed by atoms with Crippen LogP contribution in [0.4, 0.5) is 0 Å². The van der Waals surface area contributed by atoms with Gasteiger partial charge < -0.3 is 34.2 Å². The van der Waals surface area contributed by atoms with Gasteiger partial charge in [-0.25, -0.2) is 9.13 Å². The summed E-state index contributed by atoms with van der Waals surface area (Å²) in [6.07, 6.45) is 82.0. The third kappa shape index (κ3) is 70.8. The van der Waals surface area contributed by atoms with Crippen LogP contribution < -0.4 is 0 Å². The lowest BCUT2D eigenvalue weighted by Gasteiger charge is -2.21. The van der Waals surface area contributed by atoms with Crippen LogP contribution in [0.2, 0.25) is 0 Å². The first-order valence-electron chi connectivity index (χ1n) is 36.5. The molecule has 0 saturated heterocycles. The minimum Gasteiger partial charge on any atom is -0.463 e. The zero-order chi connectivity index (χ0) is 69.5. The average Bonchev–Trinajstić information content (AvgIpc) is 2.24. The Morgan fingerprint density at radius 3 is 0.884 bits per heavy atom. The Hall–Kier alpha value is -4.31. The van der Waals surface area contributed by atoms with E-state index in [-0.39, 0.29) is 19.3 Å². The van der Waals surface area contributed by atoms with Crippen molar-refractivity contribution in [3.05, 3.63) is 134 Å². The second-order valence-electron chi connectivity index (χ2n) is 24.0. The van der Waals surface area contributed by atoms with E-state index in [9.17, 15) is 43.5 Å². The lowest BCUT2D eigenvalue weighted by molar-refractivity contribution is -0.161. The molecule has 0 radical (unpaired) electrons. The summed E-state index contributed by atoms with van der Waals surface area (Å²) in [6, 6.07) is 0. The van der Waals surface area contributed by atoms with Crippen LogP contribution in [0.15, 0.2) is 134 Å². The zero-order valence-corrected chi connectivity index (χ0v) is 60.8. The van der Waals surface area contributed by atoms with Gasteiger partial charge in [-0.3, -0.25) is 32.5 Å². The Labute approximate surface area is 575 Å². The summed E-state index contributed by atoms with van der Waals surface area (Å²) in [6.45, 7) is 2.45. The van der Waals surface area contributed by atoms with Gasteiger partial charge in [-0.2, -0.15) is 0 Å². The maximum atomic E-state index is 12.9. The molecule has 0 aliphatic rings. The molecule has 0 aliphatic carbocycles. The zero-order valence-electron chi connectivity index (χ0n) is 59.0. The van der Waals surface area contributed by atoms with E-state index in [1.165, 1.54) is 38.5 Å². The number of esters is 3. The molecule has 0 rings (SSSR count). The molecule has 0 bridgehead atoms. The van der Waals surface area contributed by atoms with Gasteiger partial charge in [0.05, 0.1) is 26.4 Å². The van der Waals surface area contributed by atoms with Gasteiger partial charge in [0, 0.05) is 19.3 Å². The third-order valence-electron chi connectivity index (χ3n) is 14.8. The number of carbonyl (C=O) groups excluding carboxylic acids is 3. The van der Waals surface area contributed by atoms with E-state index in [1.807, 2.05) is 0 Å². The molecular formula is C77H130O16P2. The minimum atomic E-state index is -4.94. The summed E-state index contributed by atoms with van der Waals surface area (Å²) in [5.74, 6) is -1.62. The number of hydrogen-bond donors (Lipinski definition) is 4. The Bertz CT molecular complexity index is 2260. The standard InChI is InChI=1S/C77H130O16P2/c1-4-7-10-13-16-19-22-25-28-30-32-33-34-35-36-37-39-41-43-45-48-51-54-57-60-63-75(80)87-66-72(78)67-89-94(83,84)90-68-73(79)69-91-95(85,86)92-71-74(93-77(82)65-62-59-56-53-50-47-42-27-24-21-18-15-12-9-6-3)70-88-76(81)64-61-58-55-52-49-46-44-40-38-31-29-26-23-20-17-14-11-8-5-2/h7,10,16-21,25-29,32-33,35-36,38-42,72-74,78-79H,4-6,8-9,11-15,22-24,30-31,34,37,43-71H2,1-3H3,(H,83,84)(H,85,86)/b10-7-,19-16-,20-17-,21-18-,28-25-,29-26-,33-32-,36-35-,40-38-,41-39-,42-27-. The molecule has 0 heterocycles. The number of aliphatic hydroxyl groups is 2. The summed E-state index contributed by atoms with van der Waals surface area (Å²) in [5, 5.41) is 20.6. The predicted octanol–water partition coefficient (Wildman–Crippen LogP) is 20.8. The van der Waals surface area contributed by atoms with Gasteiger partial charge in [0.15, 0.2) is 6.10 Å². The lowest BCUT2D eigenvalue weighted by atomic mass is 10.1. The predicted molar refractivity (Wildman–Crippen MR) is 390 cm³/mol. The van der Waals surface area contributed by atoms with Crippen LogP contribution in [0.3, 0.4) is 0 Å². The fourth-order valence-corrected chi connectivity index (χ4v) is 10.8. The molecule has 0 spiro atoms. The van der Waals surface area contributed by atoms with Crippen molar-refractivity contribution in [3.63, 3.8) is 0 Å². The number of ether oxygens (including phenoxy) is 3. The highest BCUT2D eigenvalue weighted by Gasteiger charge is 2.29. The van der Waals surface area contributed by atoms with E-state index in [2.05, 4.69) is 154 Å².